The van der Waals surface area contributed by atoms with Crippen LogP contribution in [-0.4, -0.2) is 27.8 Å². The van der Waals surface area contributed by atoms with Crippen molar-refractivity contribution in [2.24, 2.45) is 0 Å². The first-order valence-electron chi connectivity index (χ1n) is 10.4. The molecule has 0 fully saturated rings. The van der Waals surface area contributed by atoms with Gasteiger partial charge < -0.3 is 14.8 Å². The fourth-order valence-corrected chi connectivity index (χ4v) is 3.62. The summed E-state index contributed by atoms with van der Waals surface area (Å²) in [6, 6.07) is 16.6. The van der Waals surface area contributed by atoms with Gasteiger partial charge in [0.25, 0.3) is 5.91 Å². The van der Waals surface area contributed by atoms with Crippen LogP contribution in [0.1, 0.15) is 50.3 Å². The van der Waals surface area contributed by atoms with Gasteiger partial charge in [-0.3, -0.25) is 9.59 Å². The van der Waals surface area contributed by atoms with Crippen molar-refractivity contribution in [1.29, 1.82) is 0 Å². The normalized spacial score (nSPS) is 14.5. The molecule has 2 heterocycles. The molecule has 0 saturated carbocycles. The number of anilines is 1. The molecule has 7 nitrogen and oxygen atoms in total. The number of esters is 1. The van der Waals surface area contributed by atoms with E-state index in [2.05, 4.69) is 10.4 Å². The number of amides is 1. The first-order valence-corrected chi connectivity index (χ1v) is 10.4. The quantitative estimate of drug-likeness (QED) is 0.588. The van der Waals surface area contributed by atoms with E-state index >= 15 is 0 Å². The second-order valence-corrected chi connectivity index (χ2v) is 7.60. The molecule has 4 rings (SSSR count). The van der Waals surface area contributed by atoms with E-state index < -0.39 is 23.9 Å². The highest BCUT2D eigenvalue weighted by Crippen LogP contribution is 2.44. The van der Waals surface area contributed by atoms with Crippen LogP contribution >= 0.6 is 0 Å². The van der Waals surface area contributed by atoms with Crippen molar-refractivity contribution < 1.29 is 19.1 Å². The summed E-state index contributed by atoms with van der Waals surface area (Å²) < 4.78 is 13.3. The number of carbonyl (C=O) groups excluding carboxylic acids is 2. The Balaban J connectivity index is 1.52. The third-order valence-corrected chi connectivity index (χ3v) is 5.51. The lowest BCUT2D eigenvalue weighted by Gasteiger charge is -2.27. The summed E-state index contributed by atoms with van der Waals surface area (Å²) in [5, 5.41) is 7.08. The van der Waals surface area contributed by atoms with Crippen LogP contribution in [0.4, 0.5) is 5.82 Å². The summed E-state index contributed by atoms with van der Waals surface area (Å²) in [4.78, 5) is 25.9. The van der Waals surface area contributed by atoms with Crippen LogP contribution in [0.15, 0.2) is 60.8 Å². The van der Waals surface area contributed by atoms with Gasteiger partial charge in [0.2, 0.25) is 0 Å². The van der Waals surface area contributed by atoms with E-state index in [1.807, 2.05) is 62.4 Å². The van der Waals surface area contributed by atoms with Gasteiger partial charge in [-0.1, -0.05) is 43.3 Å². The van der Waals surface area contributed by atoms with Crippen LogP contribution in [0.25, 0.3) is 0 Å². The van der Waals surface area contributed by atoms with E-state index in [9.17, 15) is 9.59 Å². The molecule has 0 aliphatic carbocycles. The van der Waals surface area contributed by atoms with Gasteiger partial charge in [-0.25, -0.2) is 4.68 Å². The number of para-hydroxylation sites is 2. The third kappa shape index (κ3) is 4.03. The molecule has 7 heteroatoms. The van der Waals surface area contributed by atoms with E-state index in [1.54, 1.807) is 23.9 Å². The Morgan fingerprint density at radius 3 is 2.29 bits per heavy atom. The number of nitrogens with one attached hydrogen (secondary N) is 1. The van der Waals surface area contributed by atoms with Crippen LogP contribution in [-0.2, 0) is 14.3 Å². The van der Waals surface area contributed by atoms with Gasteiger partial charge in [-0.05, 0) is 32.4 Å². The second-order valence-electron chi connectivity index (χ2n) is 7.60. The minimum absolute atomic E-state index is 0.137. The maximum atomic E-state index is 13.2. The van der Waals surface area contributed by atoms with Crippen molar-refractivity contribution >= 4 is 17.7 Å². The molecule has 3 aromatic rings. The number of hydrogen-bond acceptors (Lipinski definition) is 5. The summed E-state index contributed by atoms with van der Waals surface area (Å²) in [6.07, 6.45) is 1.53. The molecule has 1 aromatic heterocycles. The molecule has 1 N–H and O–H groups in total. The zero-order valence-corrected chi connectivity index (χ0v) is 17.7. The molecule has 0 bridgehead atoms. The smallest absolute Gasteiger partial charge is 0.318 e. The van der Waals surface area contributed by atoms with Gasteiger partial charge in [-0.15, -0.1) is 0 Å². The number of nitrogens with zero attached hydrogens (tertiary/aromatic N) is 2. The first-order chi connectivity index (χ1) is 15.0. The van der Waals surface area contributed by atoms with Gasteiger partial charge >= 0.3 is 5.97 Å². The van der Waals surface area contributed by atoms with Gasteiger partial charge in [-0.2, -0.15) is 5.10 Å². The molecule has 0 radical (unpaired) electrons. The van der Waals surface area contributed by atoms with Gasteiger partial charge in [0.05, 0.1) is 12.2 Å². The molecule has 0 spiro atoms. The second kappa shape index (κ2) is 8.63. The highest BCUT2D eigenvalue weighted by molar-refractivity contribution is 5.95. The number of rotatable bonds is 6. The molecule has 2 atom stereocenters. The number of benzene rings is 2. The van der Waals surface area contributed by atoms with Crippen molar-refractivity contribution in [3.05, 3.63) is 71.9 Å². The maximum Gasteiger partial charge on any atom is 0.318 e. The Hall–Kier alpha value is -3.61. The predicted octanol–water partition coefficient (Wildman–Crippen LogP) is 4.66. The minimum Gasteiger partial charge on any atom is -0.457 e. The van der Waals surface area contributed by atoms with Crippen LogP contribution < -0.4 is 10.1 Å². The molecule has 0 saturated heterocycles. The molecule has 1 amide bonds. The number of ether oxygens (including phenoxy) is 2. The number of aromatic nitrogens is 2. The Labute approximate surface area is 181 Å². The molecular weight excluding hydrogens is 394 g/mol. The van der Waals surface area contributed by atoms with Crippen molar-refractivity contribution in [3.63, 3.8) is 0 Å². The average Bonchev–Trinajstić information content (AvgIpc) is 3.24. The molecule has 160 valence electrons. The van der Waals surface area contributed by atoms with Gasteiger partial charge in [0.15, 0.2) is 6.10 Å². The highest BCUT2D eigenvalue weighted by atomic mass is 16.5. The lowest BCUT2D eigenvalue weighted by molar-refractivity contribution is -0.153. The maximum absolute atomic E-state index is 13.2. The summed E-state index contributed by atoms with van der Waals surface area (Å²) in [5.74, 6) is 0.217. The predicted molar refractivity (Wildman–Crippen MR) is 116 cm³/mol. The summed E-state index contributed by atoms with van der Waals surface area (Å²) in [6.45, 7) is 5.63. The Kier molecular flexibility index (Phi) is 5.75. The van der Waals surface area contributed by atoms with Gasteiger partial charge in [0, 0.05) is 17.2 Å². The highest BCUT2D eigenvalue weighted by Gasteiger charge is 2.35. The lowest BCUT2D eigenvalue weighted by atomic mass is 9.88. The first kappa shape index (κ1) is 20.7. The standard InChI is InChI=1S/C24H25N3O4/c1-4-15(2)27-21(13-14-25-27)26-23(28)16(3)30-24(29)22-17-9-5-7-11-19(17)31-20-12-8-6-10-18(20)22/h5-16,22H,4H2,1-3H3,(H,26,28)/t15-,16+/m0/s1. The van der Waals surface area contributed by atoms with Crippen molar-refractivity contribution in [3.8, 4) is 11.5 Å². The summed E-state index contributed by atoms with van der Waals surface area (Å²) in [7, 11) is 0. The molecule has 1 aliphatic heterocycles. The van der Waals surface area contributed by atoms with Gasteiger partial charge in [0.1, 0.15) is 23.2 Å². The SMILES string of the molecule is CC[C@H](C)n1nccc1NC(=O)[C@@H](C)OC(=O)C1c2ccccc2Oc2ccccc21. The van der Waals surface area contributed by atoms with E-state index in [0.717, 1.165) is 6.42 Å². The van der Waals surface area contributed by atoms with Crippen LogP contribution in [0.5, 0.6) is 11.5 Å². The zero-order valence-electron chi connectivity index (χ0n) is 17.7. The average molecular weight is 419 g/mol. The summed E-state index contributed by atoms with van der Waals surface area (Å²) in [5.41, 5.74) is 1.43. The molecule has 1 aliphatic rings. The minimum atomic E-state index is -0.977. The van der Waals surface area contributed by atoms with E-state index in [0.29, 0.717) is 28.4 Å². The zero-order chi connectivity index (χ0) is 22.0. The Morgan fingerprint density at radius 1 is 1.06 bits per heavy atom. The van der Waals surface area contributed by atoms with E-state index in [4.69, 9.17) is 9.47 Å². The van der Waals surface area contributed by atoms with Crippen molar-refractivity contribution in [2.45, 2.75) is 45.3 Å². The fraction of sp³-hybridized carbons (Fsp3) is 0.292. The fourth-order valence-electron chi connectivity index (χ4n) is 3.62. The Morgan fingerprint density at radius 2 is 1.68 bits per heavy atom. The Bertz CT molecular complexity index is 1060. The van der Waals surface area contributed by atoms with Crippen molar-refractivity contribution in [1.82, 2.24) is 9.78 Å². The van der Waals surface area contributed by atoms with Crippen LogP contribution in [0, 0.1) is 0 Å². The molecule has 31 heavy (non-hydrogen) atoms. The summed E-state index contributed by atoms with van der Waals surface area (Å²) >= 11 is 0. The van der Waals surface area contributed by atoms with Crippen LogP contribution in [0.2, 0.25) is 0 Å². The van der Waals surface area contributed by atoms with E-state index in [-0.39, 0.29) is 6.04 Å². The van der Waals surface area contributed by atoms with Crippen molar-refractivity contribution in [2.75, 3.05) is 5.32 Å². The molecule has 0 unspecified atom stereocenters. The number of fused-ring (bicyclic) bond motifs is 2. The third-order valence-electron chi connectivity index (χ3n) is 5.51. The topological polar surface area (TPSA) is 82.5 Å². The van der Waals surface area contributed by atoms with E-state index in [1.165, 1.54) is 0 Å². The van der Waals surface area contributed by atoms with Crippen LogP contribution in [0.3, 0.4) is 0 Å². The largest absolute Gasteiger partial charge is 0.457 e. The lowest BCUT2D eigenvalue weighted by Crippen LogP contribution is -2.33. The monoisotopic (exact) mass is 419 g/mol. The number of hydrogen-bond donors (Lipinski definition) is 1. The number of carbonyl (C=O) groups is 2. The molecule has 2 aromatic carbocycles. The molecular formula is C24H25N3O4.